The predicted octanol–water partition coefficient (Wildman–Crippen LogP) is 1.13. The number of aryl methyl sites for hydroxylation is 2. The van der Waals surface area contributed by atoms with E-state index in [1.54, 1.807) is 24.7 Å². The van der Waals surface area contributed by atoms with Crippen molar-refractivity contribution in [1.29, 1.82) is 0 Å². The first-order valence-corrected chi connectivity index (χ1v) is 6.62. The normalized spacial score (nSPS) is 11.5. The summed E-state index contributed by atoms with van der Waals surface area (Å²) in [6.07, 6.45) is 1.51. The Bertz CT molecular complexity index is 634. The lowest BCUT2D eigenvalue weighted by Gasteiger charge is -2.12. The van der Waals surface area contributed by atoms with Crippen LogP contribution in [0.15, 0.2) is 29.5 Å². The molecule has 0 amide bonds. The minimum atomic E-state index is -0.191. The molecule has 0 saturated heterocycles. The van der Waals surface area contributed by atoms with Crippen LogP contribution in [0.25, 0.3) is 0 Å². The summed E-state index contributed by atoms with van der Waals surface area (Å²) in [6.45, 7) is 2.85. The van der Waals surface area contributed by atoms with E-state index in [0.29, 0.717) is 24.6 Å². The largest absolute Gasteiger partial charge is 0.352 e. The lowest BCUT2D eigenvalue weighted by atomic mass is 10.1. The summed E-state index contributed by atoms with van der Waals surface area (Å²) < 4.78 is 14.9. The lowest BCUT2D eigenvalue weighted by molar-refractivity contribution is 0.617. The average molecular weight is 290 g/mol. The van der Waals surface area contributed by atoms with Crippen molar-refractivity contribution in [3.8, 4) is 0 Å². The number of benzene rings is 1. The zero-order valence-corrected chi connectivity index (χ0v) is 12.4. The van der Waals surface area contributed by atoms with E-state index in [2.05, 4.69) is 25.7 Å². The molecule has 0 aliphatic rings. The van der Waals surface area contributed by atoms with Crippen molar-refractivity contribution in [2.24, 2.45) is 12.0 Å². The molecule has 0 radical (unpaired) electrons. The fourth-order valence-corrected chi connectivity index (χ4v) is 1.87. The monoisotopic (exact) mass is 290 g/mol. The Morgan fingerprint density at radius 3 is 2.71 bits per heavy atom. The molecule has 6 nitrogen and oxygen atoms in total. The van der Waals surface area contributed by atoms with Gasteiger partial charge in [-0.1, -0.05) is 12.1 Å². The molecule has 0 fully saturated rings. The number of hydrogen-bond donors (Lipinski definition) is 2. The molecule has 0 atom stereocenters. The van der Waals surface area contributed by atoms with Crippen molar-refractivity contribution < 1.29 is 4.39 Å². The molecule has 0 spiro atoms. The fraction of sp³-hybridized carbons (Fsp3) is 0.357. The van der Waals surface area contributed by atoms with Gasteiger partial charge in [0.2, 0.25) is 0 Å². The highest BCUT2D eigenvalue weighted by molar-refractivity contribution is 5.79. The molecule has 2 rings (SSSR count). The molecule has 0 unspecified atom stereocenters. The Hall–Kier alpha value is -2.44. The highest BCUT2D eigenvalue weighted by Crippen LogP contribution is 2.08. The van der Waals surface area contributed by atoms with Gasteiger partial charge in [0.1, 0.15) is 18.0 Å². The predicted molar refractivity (Wildman–Crippen MR) is 79.2 cm³/mol. The van der Waals surface area contributed by atoms with Gasteiger partial charge in [-0.15, -0.1) is 0 Å². The van der Waals surface area contributed by atoms with Crippen LogP contribution in [0.3, 0.4) is 0 Å². The Morgan fingerprint density at radius 2 is 2.10 bits per heavy atom. The van der Waals surface area contributed by atoms with Gasteiger partial charge < -0.3 is 10.6 Å². The van der Waals surface area contributed by atoms with Crippen LogP contribution in [-0.2, 0) is 20.1 Å². The van der Waals surface area contributed by atoms with Crippen molar-refractivity contribution in [2.45, 2.75) is 20.0 Å². The maximum absolute atomic E-state index is 13.2. The maximum atomic E-state index is 13.2. The molecule has 7 heteroatoms. The van der Waals surface area contributed by atoms with Crippen LogP contribution in [0.2, 0.25) is 0 Å². The van der Waals surface area contributed by atoms with Gasteiger partial charge in [-0.2, -0.15) is 5.10 Å². The van der Waals surface area contributed by atoms with Crippen LogP contribution >= 0.6 is 0 Å². The van der Waals surface area contributed by atoms with Crippen LogP contribution in [0, 0.1) is 12.7 Å². The van der Waals surface area contributed by atoms with Crippen molar-refractivity contribution >= 4 is 5.96 Å². The van der Waals surface area contributed by atoms with E-state index in [9.17, 15) is 4.39 Å². The summed E-state index contributed by atoms with van der Waals surface area (Å²) in [7, 11) is 3.53. The van der Waals surface area contributed by atoms with Crippen molar-refractivity contribution in [3.05, 3.63) is 47.3 Å². The van der Waals surface area contributed by atoms with E-state index in [1.165, 1.54) is 12.4 Å². The quantitative estimate of drug-likeness (QED) is 0.654. The molecule has 1 aromatic carbocycles. The first-order chi connectivity index (χ1) is 10.1. The van der Waals surface area contributed by atoms with Crippen LogP contribution in [0.4, 0.5) is 4.39 Å². The Kier molecular flexibility index (Phi) is 4.86. The average Bonchev–Trinajstić information content (AvgIpc) is 2.88. The third-order valence-electron chi connectivity index (χ3n) is 3.13. The van der Waals surface area contributed by atoms with Gasteiger partial charge in [0.15, 0.2) is 5.96 Å². The SMILES string of the molecule is CN=C(NCc1ccc(F)c(C)c1)NCc1ncnn1C. The number of rotatable bonds is 4. The Balaban J connectivity index is 1.88. The number of halogens is 1. The lowest BCUT2D eigenvalue weighted by Crippen LogP contribution is -2.36. The van der Waals surface area contributed by atoms with Crippen molar-refractivity contribution in [1.82, 2.24) is 25.4 Å². The highest BCUT2D eigenvalue weighted by atomic mass is 19.1. The molecule has 0 aliphatic heterocycles. The van der Waals surface area contributed by atoms with Gasteiger partial charge in [0, 0.05) is 20.6 Å². The molecule has 2 aromatic rings. The maximum Gasteiger partial charge on any atom is 0.191 e. The third-order valence-corrected chi connectivity index (χ3v) is 3.13. The summed E-state index contributed by atoms with van der Waals surface area (Å²) in [6, 6.07) is 5.05. The molecular formula is C14H19FN6. The van der Waals surface area contributed by atoms with Crippen LogP contribution < -0.4 is 10.6 Å². The van der Waals surface area contributed by atoms with Crippen LogP contribution in [0.1, 0.15) is 17.0 Å². The smallest absolute Gasteiger partial charge is 0.191 e. The number of aromatic nitrogens is 3. The van der Waals surface area contributed by atoms with E-state index in [-0.39, 0.29) is 5.82 Å². The second-order valence-corrected chi connectivity index (χ2v) is 4.66. The molecule has 0 saturated carbocycles. The van der Waals surface area contributed by atoms with Gasteiger partial charge in [0.25, 0.3) is 0 Å². The Labute approximate surface area is 123 Å². The standard InChI is InChI=1S/C14H19FN6/c1-10-6-11(4-5-12(10)15)7-17-14(16-2)18-8-13-19-9-20-21(13)3/h4-6,9H,7-8H2,1-3H3,(H2,16,17,18). The number of hydrogen-bond acceptors (Lipinski definition) is 3. The topological polar surface area (TPSA) is 67.1 Å². The highest BCUT2D eigenvalue weighted by Gasteiger charge is 2.04. The minimum Gasteiger partial charge on any atom is -0.352 e. The number of guanidine groups is 1. The van der Waals surface area contributed by atoms with E-state index < -0.39 is 0 Å². The summed E-state index contributed by atoms with van der Waals surface area (Å²) in [5.74, 6) is 1.28. The molecule has 0 bridgehead atoms. The second-order valence-electron chi connectivity index (χ2n) is 4.66. The van der Waals surface area contributed by atoms with Gasteiger partial charge in [0.05, 0.1) is 6.54 Å². The summed E-state index contributed by atoms with van der Waals surface area (Å²) in [4.78, 5) is 8.26. The molecule has 1 heterocycles. The molecule has 21 heavy (non-hydrogen) atoms. The number of aliphatic imine (C=N–C) groups is 1. The molecule has 1 aromatic heterocycles. The first-order valence-electron chi connectivity index (χ1n) is 6.62. The summed E-state index contributed by atoms with van der Waals surface area (Å²) in [5.41, 5.74) is 1.63. The van der Waals surface area contributed by atoms with Crippen LogP contribution in [-0.4, -0.2) is 27.8 Å². The fourth-order valence-electron chi connectivity index (χ4n) is 1.87. The second kappa shape index (κ2) is 6.83. The van der Waals surface area contributed by atoms with E-state index >= 15 is 0 Å². The summed E-state index contributed by atoms with van der Waals surface area (Å²) >= 11 is 0. The van der Waals surface area contributed by atoms with Crippen molar-refractivity contribution in [2.75, 3.05) is 7.05 Å². The third kappa shape index (κ3) is 4.01. The van der Waals surface area contributed by atoms with Gasteiger partial charge in [-0.05, 0) is 24.1 Å². The molecule has 112 valence electrons. The molecule has 2 N–H and O–H groups in total. The minimum absolute atomic E-state index is 0.191. The first kappa shape index (κ1) is 15.0. The number of nitrogens with zero attached hydrogens (tertiary/aromatic N) is 4. The van der Waals surface area contributed by atoms with Gasteiger partial charge in [-0.25, -0.2) is 9.37 Å². The Morgan fingerprint density at radius 1 is 1.33 bits per heavy atom. The number of nitrogens with one attached hydrogen (secondary N) is 2. The zero-order chi connectivity index (χ0) is 15.2. The van der Waals surface area contributed by atoms with Crippen molar-refractivity contribution in [3.63, 3.8) is 0 Å². The van der Waals surface area contributed by atoms with E-state index in [0.717, 1.165) is 11.4 Å². The van der Waals surface area contributed by atoms with Gasteiger partial charge >= 0.3 is 0 Å². The zero-order valence-electron chi connectivity index (χ0n) is 12.4. The molecule has 0 aliphatic carbocycles. The van der Waals surface area contributed by atoms with Gasteiger partial charge in [-0.3, -0.25) is 9.67 Å². The molecular weight excluding hydrogens is 271 g/mol. The summed E-state index contributed by atoms with van der Waals surface area (Å²) in [5, 5.41) is 10.3. The van der Waals surface area contributed by atoms with Crippen LogP contribution in [0.5, 0.6) is 0 Å². The van der Waals surface area contributed by atoms with E-state index in [4.69, 9.17) is 0 Å². The van der Waals surface area contributed by atoms with E-state index in [1.807, 2.05) is 13.1 Å².